The summed E-state index contributed by atoms with van der Waals surface area (Å²) in [5, 5.41) is 0. The summed E-state index contributed by atoms with van der Waals surface area (Å²) in [5.74, 6) is 0.944. The third kappa shape index (κ3) is 3.34. The van der Waals surface area contributed by atoms with Crippen molar-refractivity contribution in [3.05, 3.63) is 0 Å². The lowest BCUT2D eigenvalue weighted by Crippen LogP contribution is -2.60. The van der Waals surface area contributed by atoms with Gasteiger partial charge in [-0.2, -0.15) is 0 Å². The molecular weight excluding hydrogens is 250 g/mol. The van der Waals surface area contributed by atoms with Crippen molar-refractivity contribution in [3.63, 3.8) is 0 Å². The number of piperazine rings is 1. The Morgan fingerprint density at radius 3 is 2.60 bits per heavy atom. The summed E-state index contributed by atoms with van der Waals surface area (Å²) in [4.78, 5) is 17.2. The number of hydrogen-bond donors (Lipinski definition) is 1. The van der Waals surface area contributed by atoms with Gasteiger partial charge in [-0.3, -0.25) is 9.69 Å². The van der Waals surface area contributed by atoms with Crippen molar-refractivity contribution >= 4 is 5.91 Å². The quantitative estimate of drug-likeness (QED) is 0.838. The molecule has 1 saturated heterocycles. The zero-order chi connectivity index (χ0) is 14.9. The van der Waals surface area contributed by atoms with E-state index >= 15 is 0 Å². The minimum Gasteiger partial charge on any atom is -0.339 e. The number of hydrogen-bond acceptors (Lipinski definition) is 3. The molecule has 3 atom stereocenters. The Morgan fingerprint density at radius 2 is 2.00 bits per heavy atom. The van der Waals surface area contributed by atoms with Crippen molar-refractivity contribution < 1.29 is 4.79 Å². The normalized spacial score (nSPS) is 33.0. The fraction of sp³-hybridized carbons (Fsp3) is 0.938. The molecule has 1 amide bonds. The first-order chi connectivity index (χ1) is 9.31. The zero-order valence-electron chi connectivity index (χ0n) is 13.6. The van der Waals surface area contributed by atoms with Gasteiger partial charge in [-0.05, 0) is 46.1 Å². The third-order valence-electron chi connectivity index (χ3n) is 5.48. The van der Waals surface area contributed by atoms with Crippen LogP contribution in [-0.2, 0) is 4.79 Å². The van der Waals surface area contributed by atoms with Crippen LogP contribution in [0.1, 0.15) is 46.5 Å². The van der Waals surface area contributed by atoms with E-state index in [0.29, 0.717) is 17.9 Å². The fourth-order valence-corrected chi connectivity index (χ4v) is 3.64. The van der Waals surface area contributed by atoms with E-state index < -0.39 is 0 Å². The Kier molecular flexibility index (Phi) is 4.75. The summed E-state index contributed by atoms with van der Waals surface area (Å²) in [6.07, 6.45) is 4.48. The average Bonchev–Trinajstić information content (AvgIpc) is 2.40. The van der Waals surface area contributed by atoms with Gasteiger partial charge in [0.15, 0.2) is 0 Å². The first-order valence-electron chi connectivity index (χ1n) is 8.07. The maximum atomic E-state index is 12.8. The predicted octanol–water partition coefficient (Wildman–Crippen LogP) is 1.69. The van der Waals surface area contributed by atoms with Crippen LogP contribution in [0.3, 0.4) is 0 Å². The highest BCUT2D eigenvalue weighted by molar-refractivity contribution is 5.79. The Labute approximate surface area is 123 Å². The van der Waals surface area contributed by atoms with E-state index in [4.69, 9.17) is 5.73 Å². The largest absolute Gasteiger partial charge is 0.339 e. The molecule has 116 valence electrons. The van der Waals surface area contributed by atoms with Crippen LogP contribution >= 0.6 is 0 Å². The molecule has 2 aliphatic rings. The van der Waals surface area contributed by atoms with Crippen molar-refractivity contribution in [2.24, 2.45) is 17.6 Å². The van der Waals surface area contributed by atoms with Gasteiger partial charge in [0, 0.05) is 37.1 Å². The van der Waals surface area contributed by atoms with Gasteiger partial charge >= 0.3 is 0 Å². The summed E-state index contributed by atoms with van der Waals surface area (Å²) in [6, 6.07) is 0.299. The standard InChI is InChI=1S/C16H31N3O/c1-12(13-6-5-7-14(17)10-13)15(20)19-9-8-18(4)16(2,3)11-19/h12-14H,5-11,17H2,1-4H3. The van der Waals surface area contributed by atoms with E-state index in [9.17, 15) is 4.79 Å². The summed E-state index contributed by atoms with van der Waals surface area (Å²) in [7, 11) is 2.14. The molecule has 0 radical (unpaired) electrons. The molecular formula is C16H31N3O. The van der Waals surface area contributed by atoms with Crippen LogP contribution in [0.15, 0.2) is 0 Å². The van der Waals surface area contributed by atoms with Crippen LogP contribution in [-0.4, -0.2) is 54.0 Å². The molecule has 3 unspecified atom stereocenters. The van der Waals surface area contributed by atoms with Gasteiger partial charge in [0.1, 0.15) is 0 Å². The second kappa shape index (κ2) is 6.02. The molecule has 4 nitrogen and oxygen atoms in total. The number of nitrogens with two attached hydrogens (primary N) is 1. The van der Waals surface area contributed by atoms with Gasteiger partial charge in [0.2, 0.25) is 5.91 Å². The van der Waals surface area contributed by atoms with Crippen LogP contribution in [0.4, 0.5) is 0 Å². The number of amides is 1. The number of likely N-dealkylation sites (N-methyl/N-ethyl adjacent to an activating group) is 1. The molecule has 2 rings (SSSR count). The molecule has 1 heterocycles. The SMILES string of the molecule is CC(C(=O)N1CCN(C)C(C)(C)C1)C1CCCC(N)C1. The van der Waals surface area contributed by atoms with Crippen molar-refractivity contribution in [3.8, 4) is 0 Å². The molecule has 4 heteroatoms. The molecule has 2 fully saturated rings. The van der Waals surface area contributed by atoms with E-state index in [-0.39, 0.29) is 11.5 Å². The highest BCUT2D eigenvalue weighted by Gasteiger charge is 2.37. The Morgan fingerprint density at radius 1 is 1.30 bits per heavy atom. The number of carbonyl (C=O) groups excluding carboxylic acids is 1. The second-order valence-corrected chi connectivity index (χ2v) is 7.47. The topological polar surface area (TPSA) is 49.6 Å². The highest BCUT2D eigenvalue weighted by atomic mass is 16.2. The monoisotopic (exact) mass is 281 g/mol. The van der Waals surface area contributed by atoms with Crippen molar-refractivity contribution in [2.75, 3.05) is 26.7 Å². The van der Waals surface area contributed by atoms with Gasteiger partial charge < -0.3 is 10.6 Å². The number of rotatable bonds is 2. The Bertz CT molecular complexity index is 356. The molecule has 2 N–H and O–H groups in total. The van der Waals surface area contributed by atoms with Gasteiger partial charge in [0.05, 0.1) is 0 Å². The first-order valence-corrected chi connectivity index (χ1v) is 8.07. The second-order valence-electron chi connectivity index (χ2n) is 7.47. The van der Waals surface area contributed by atoms with Crippen LogP contribution in [0, 0.1) is 11.8 Å². The van der Waals surface area contributed by atoms with Gasteiger partial charge in [-0.1, -0.05) is 13.3 Å². The van der Waals surface area contributed by atoms with Gasteiger partial charge in [-0.15, -0.1) is 0 Å². The Balaban J connectivity index is 1.96. The zero-order valence-corrected chi connectivity index (χ0v) is 13.6. The third-order valence-corrected chi connectivity index (χ3v) is 5.48. The molecule has 0 aromatic heterocycles. The maximum absolute atomic E-state index is 12.8. The van der Waals surface area contributed by atoms with Gasteiger partial charge in [0.25, 0.3) is 0 Å². The smallest absolute Gasteiger partial charge is 0.225 e. The van der Waals surface area contributed by atoms with Crippen molar-refractivity contribution in [1.29, 1.82) is 0 Å². The molecule has 20 heavy (non-hydrogen) atoms. The summed E-state index contributed by atoms with van der Waals surface area (Å²) in [6.45, 7) is 9.21. The molecule has 0 aromatic carbocycles. The predicted molar refractivity (Wildman–Crippen MR) is 82.4 cm³/mol. The molecule has 0 bridgehead atoms. The maximum Gasteiger partial charge on any atom is 0.225 e. The van der Waals surface area contributed by atoms with E-state index in [1.807, 2.05) is 0 Å². The molecule has 1 saturated carbocycles. The van der Waals surface area contributed by atoms with E-state index in [2.05, 4.69) is 37.6 Å². The lowest BCUT2D eigenvalue weighted by molar-refractivity contribution is -0.141. The lowest BCUT2D eigenvalue weighted by Gasteiger charge is -2.46. The summed E-state index contributed by atoms with van der Waals surface area (Å²) < 4.78 is 0. The van der Waals surface area contributed by atoms with Gasteiger partial charge in [-0.25, -0.2) is 0 Å². The minimum atomic E-state index is 0.0800. The summed E-state index contributed by atoms with van der Waals surface area (Å²) >= 11 is 0. The van der Waals surface area contributed by atoms with E-state index in [1.54, 1.807) is 0 Å². The lowest BCUT2D eigenvalue weighted by atomic mass is 9.78. The van der Waals surface area contributed by atoms with Crippen molar-refractivity contribution in [1.82, 2.24) is 9.80 Å². The number of carbonyl (C=O) groups is 1. The van der Waals surface area contributed by atoms with E-state index in [1.165, 1.54) is 6.42 Å². The van der Waals surface area contributed by atoms with E-state index in [0.717, 1.165) is 38.9 Å². The van der Waals surface area contributed by atoms with Crippen molar-refractivity contribution in [2.45, 2.75) is 58.0 Å². The van der Waals surface area contributed by atoms with Crippen LogP contribution in [0.25, 0.3) is 0 Å². The summed E-state index contributed by atoms with van der Waals surface area (Å²) in [5.41, 5.74) is 6.15. The van der Waals surface area contributed by atoms with Crippen LogP contribution in [0.5, 0.6) is 0 Å². The molecule has 0 spiro atoms. The minimum absolute atomic E-state index is 0.0800. The average molecular weight is 281 g/mol. The van der Waals surface area contributed by atoms with Crippen LogP contribution < -0.4 is 5.73 Å². The molecule has 0 aromatic rings. The first kappa shape index (κ1) is 15.8. The Hall–Kier alpha value is -0.610. The highest BCUT2D eigenvalue weighted by Crippen LogP contribution is 2.31. The van der Waals surface area contributed by atoms with Crippen LogP contribution in [0.2, 0.25) is 0 Å². The molecule has 1 aliphatic heterocycles. The molecule has 1 aliphatic carbocycles. The fourth-order valence-electron chi connectivity index (χ4n) is 3.64. The number of nitrogens with zero attached hydrogens (tertiary/aromatic N) is 2.